The molecule has 6 heteroatoms. The third-order valence-electron chi connectivity index (χ3n) is 5.19. The smallest absolute Gasteiger partial charge is 0.334 e. The third kappa shape index (κ3) is 3.65. The van der Waals surface area contributed by atoms with Crippen LogP contribution in [0.1, 0.15) is 31.2 Å². The number of halogens is 1. The zero-order valence-electron chi connectivity index (χ0n) is 14.8. The highest BCUT2D eigenvalue weighted by Gasteiger charge is 2.34. The Kier molecular flexibility index (Phi) is 5.29. The topological polar surface area (TPSA) is 49.9 Å². The van der Waals surface area contributed by atoms with E-state index in [1.54, 1.807) is 6.92 Å². The van der Waals surface area contributed by atoms with Crippen LogP contribution in [0.2, 0.25) is 0 Å². The minimum atomic E-state index is -0.247. The van der Waals surface area contributed by atoms with Crippen LogP contribution in [0, 0.1) is 0 Å². The number of carbonyl (C=O) groups excluding carboxylic acids is 2. The normalized spacial score (nSPS) is 23.2. The van der Waals surface area contributed by atoms with Crippen molar-refractivity contribution in [3.8, 4) is 0 Å². The molecule has 0 fully saturated rings. The fraction of sp³-hybridized carbons (Fsp3) is 0.474. The van der Waals surface area contributed by atoms with E-state index in [9.17, 15) is 9.59 Å². The molecule has 0 unspecified atom stereocenters. The minimum absolute atomic E-state index is 0.0796. The minimum Gasteiger partial charge on any atom is -0.466 e. The maximum atomic E-state index is 12.0. The van der Waals surface area contributed by atoms with Crippen LogP contribution in [-0.4, -0.2) is 50.1 Å². The number of rotatable bonds is 3. The molecule has 2 aliphatic heterocycles. The number of amides is 1. The van der Waals surface area contributed by atoms with E-state index in [4.69, 9.17) is 4.74 Å². The molecule has 0 radical (unpaired) electrons. The molecule has 25 heavy (non-hydrogen) atoms. The van der Waals surface area contributed by atoms with Crippen molar-refractivity contribution in [3.05, 3.63) is 39.9 Å². The first-order chi connectivity index (χ1) is 11.9. The monoisotopic (exact) mass is 406 g/mol. The average Bonchev–Trinajstić information content (AvgIpc) is 2.94. The van der Waals surface area contributed by atoms with Crippen molar-refractivity contribution in [2.75, 3.05) is 32.1 Å². The van der Waals surface area contributed by atoms with Crippen molar-refractivity contribution in [2.24, 2.45) is 0 Å². The first-order valence-corrected chi connectivity index (χ1v) is 9.25. The first kappa shape index (κ1) is 18.1. The molecule has 3 rings (SSSR count). The van der Waals surface area contributed by atoms with E-state index in [2.05, 4.69) is 26.9 Å². The van der Waals surface area contributed by atoms with Gasteiger partial charge in [-0.05, 0) is 43.7 Å². The van der Waals surface area contributed by atoms with Crippen molar-refractivity contribution < 1.29 is 14.3 Å². The second-order valence-electron chi connectivity index (χ2n) is 6.79. The number of fused-ring (bicyclic) bond motifs is 1. The summed E-state index contributed by atoms with van der Waals surface area (Å²) in [5.41, 5.74) is 2.96. The van der Waals surface area contributed by atoms with E-state index in [0.717, 1.165) is 35.1 Å². The summed E-state index contributed by atoms with van der Waals surface area (Å²) in [5, 5.41) is 0. The Morgan fingerprint density at radius 3 is 2.76 bits per heavy atom. The lowest BCUT2D eigenvalue weighted by Gasteiger charge is -2.33. The molecule has 0 aromatic heterocycles. The van der Waals surface area contributed by atoms with Gasteiger partial charge in [-0.15, -0.1) is 0 Å². The standard InChI is InChI=1S/C19H23BrN2O3/c1-12(23)22-11-14(17-9-15(20)5-7-18(17)22)8-16-6-4-13(10-21(16)2)19(24)25-3/h4-5,7,9,14,16H,6,8,10-11H2,1-3H3/t14-,16+/m1/s1. The lowest BCUT2D eigenvalue weighted by Crippen LogP contribution is -2.39. The van der Waals surface area contributed by atoms with Crippen LogP contribution in [0.4, 0.5) is 5.69 Å². The number of ether oxygens (including phenoxy) is 1. The van der Waals surface area contributed by atoms with Crippen molar-refractivity contribution in [3.63, 3.8) is 0 Å². The van der Waals surface area contributed by atoms with Gasteiger partial charge in [0.15, 0.2) is 0 Å². The van der Waals surface area contributed by atoms with Gasteiger partial charge in [0, 0.05) is 47.7 Å². The Morgan fingerprint density at radius 1 is 1.36 bits per heavy atom. The molecule has 2 aliphatic rings. The Hall–Kier alpha value is -1.66. The fourth-order valence-electron chi connectivity index (χ4n) is 3.82. The van der Waals surface area contributed by atoms with Gasteiger partial charge in [-0.25, -0.2) is 4.79 Å². The molecule has 0 spiro atoms. The molecular formula is C19H23BrN2O3. The van der Waals surface area contributed by atoms with E-state index < -0.39 is 0 Å². The molecule has 0 aliphatic carbocycles. The maximum Gasteiger partial charge on any atom is 0.334 e. The lowest BCUT2D eigenvalue weighted by molar-refractivity contribution is -0.136. The molecular weight excluding hydrogens is 384 g/mol. The number of hydrogen-bond donors (Lipinski definition) is 0. The van der Waals surface area contributed by atoms with Gasteiger partial charge >= 0.3 is 5.97 Å². The SMILES string of the molecule is COC(=O)C1=CC[C@@H](C[C@@H]2CN(C(C)=O)c3ccc(Br)cc32)N(C)C1. The largest absolute Gasteiger partial charge is 0.466 e. The highest BCUT2D eigenvalue weighted by Crippen LogP contribution is 2.41. The predicted octanol–water partition coefficient (Wildman–Crippen LogP) is 3.09. The second-order valence-corrected chi connectivity index (χ2v) is 7.71. The molecule has 2 atom stereocenters. The van der Waals surface area contributed by atoms with Crippen LogP contribution >= 0.6 is 15.9 Å². The molecule has 1 aromatic carbocycles. The second kappa shape index (κ2) is 7.30. The van der Waals surface area contributed by atoms with Crippen molar-refractivity contribution in [1.29, 1.82) is 0 Å². The number of benzene rings is 1. The van der Waals surface area contributed by atoms with Crippen LogP contribution in [-0.2, 0) is 14.3 Å². The molecule has 5 nitrogen and oxygen atoms in total. The van der Waals surface area contributed by atoms with Crippen molar-refractivity contribution in [1.82, 2.24) is 4.90 Å². The van der Waals surface area contributed by atoms with Gasteiger partial charge in [-0.3, -0.25) is 9.69 Å². The number of anilines is 1. The van der Waals surface area contributed by atoms with Gasteiger partial charge in [0.05, 0.1) is 7.11 Å². The molecule has 1 aromatic rings. The summed E-state index contributed by atoms with van der Waals surface area (Å²) >= 11 is 3.54. The van der Waals surface area contributed by atoms with Gasteiger partial charge in [0.25, 0.3) is 0 Å². The van der Waals surface area contributed by atoms with E-state index in [0.29, 0.717) is 18.5 Å². The van der Waals surface area contributed by atoms with E-state index in [1.165, 1.54) is 12.7 Å². The van der Waals surface area contributed by atoms with Crippen molar-refractivity contribution >= 4 is 33.5 Å². The van der Waals surface area contributed by atoms with Gasteiger partial charge < -0.3 is 9.64 Å². The zero-order valence-corrected chi connectivity index (χ0v) is 16.4. The van der Waals surface area contributed by atoms with Crippen LogP contribution in [0.5, 0.6) is 0 Å². The molecule has 0 saturated carbocycles. The summed E-state index contributed by atoms with van der Waals surface area (Å²) < 4.78 is 5.86. The highest BCUT2D eigenvalue weighted by molar-refractivity contribution is 9.10. The Morgan fingerprint density at radius 2 is 2.12 bits per heavy atom. The van der Waals surface area contributed by atoms with E-state index in [-0.39, 0.29) is 11.9 Å². The third-order valence-corrected chi connectivity index (χ3v) is 5.68. The molecule has 1 amide bonds. The number of nitrogens with zero attached hydrogens (tertiary/aromatic N) is 2. The van der Waals surface area contributed by atoms with Crippen molar-refractivity contribution in [2.45, 2.75) is 31.7 Å². The summed E-state index contributed by atoms with van der Waals surface area (Å²) in [6.45, 7) is 2.94. The van der Waals surface area contributed by atoms with Gasteiger partial charge in [0.1, 0.15) is 0 Å². The quantitative estimate of drug-likeness (QED) is 0.723. The molecule has 2 heterocycles. The lowest BCUT2D eigenvalue weighted by atomic mass is 9.90. The van der Waals surface area contributed by atoms with Gasteiger partial charge in [0.2, 0.25) is 5.91 Å². The summed E-state index contributed by atoms with van der Waals surface area (Å²) in [5.74, 6) is 0.135. The zero-order chi connectivity index (χ0) is 18.1. The summed E-state index contributed by atoms with van der Waals surface area (Å²) in [6, 6.07) is 6.47. The number of hydrogen-bond acceptors (Lipinski definition) is 4. The van der Waals surface area contributed by atoms with Crippen LogP contribution in [0.25, 0.3) is 0 Å². The summed E-state index contributed by atoms with van der Waals surface area (Å²) in [4.78, 5) is 27.8. The van der Waals surface area contributed by atoms with Gasteiger partial charge in [-0.2, -0.15) is 0 Å². The summed E-state index contributed by atoms with van der Waals surface area (Å²) in [7, 11) is 3.46. The molecule has 0 bridgehead atoms. The van der Waals surface area contributed by atoms with E-state index in [1.807, 2.05) is 30.2 Å². The Labute approximate surface area is 156 Å². The average molecular weight is 407 g/mol. The summed E-state index contributed by atoms with van der Waals surface area (Å²) in [6.07, 6.45) is 3.77. The fourth-order valence-corrected chi connectivity index (χ4v) is 4.20. The maximum absolute atomic E-state index is 12.0. The van der Waals surface area contributed by atoms with E-state index >= 15 is 0 Å². The molecule has 0 N–H and O–H groups in total. The molecule has 0 saturated heterocycles. The van der Waals surface area contributed by atoms with Crippen LogP contribution in [0.3, 0.4) is 0 Å². The number of methoxy groups -OCH3 is 1. The highest BCUT2D eigenvalue weighted by atomic mass is 79.9. The number of likely N-dealkylation sites (N-methyl/N-ethyl adjacent to an activating group) is 1. The Balaban J connectivity index is 1.78. The van der Waals surface area contributed by atoms with Gasteiger partial charge in [-0.1, -0.05) is 22.0 Å². The number of carbonyl (C=O) groups is 2. The molecule has 134 valence electrons. The van der Waals surface area contributed by atoms with Crippen LogP contribution < -0.4 is 4.90 Å². The first-order valence-electron chi connectivity index (χ1n) is 8.45. The van der Waals surface area contributed by atoms with Crippen LogP contribution in [0.15, 0.2) is 34.3 Å². The predicted molar refractivity (Wildman–Crippen MR) is 101 cm³/mol. The number of esters is 1. The Bertz CT molecular complexity index is 731.